The fourth-order valence-electron chi connectivity index (χ4n) is 4.30. The molecular formula is C25H34N6O4. The number of rotatable bonds is 10. The van der Waals surface area contributed by atoms with E-state index >= 15 is 0 Å². The third-order valence-corrected chi connectivity index (χ3v) is 6.22. The van der Waals surface area contributed by atoms with Crippen LogP contribution < -0.4 is 15.2 Å². The van der Waals surface area contributed by atoms with Crippen LogP contribution in [0.15, 0.2) is 30.3 Å². The molecule has 1 atom stereocenters. The number of anilines is 1. The summed E-state index contributed by atoms with van der Waals surface area (Å²) in [5, 5.41) is 0. The standard InChI is InChI=1S/C25H34N6O4/c1-3-4-15-34-23-28-21(26)20-22(29-23)31(24(27-20)33-2)14-12-18-11-8-13-30(16-18)25(32)35-17-19-9-6-5-7-10-19/h5-7,9-10,18H,3-4,8,11-17H2,1-2H3,(H2,26,28,29). The zero-order chi connectivity index (χ0) is 24.6. The van der Waals surface area contributed by atoms with Crippen molar-refractivity contribution < 1.29 is 19.0 Å². The lowest BCUT2D eigenvalue weighted by atomic mass is 9.95. The van der Waals surface area contributed by atoms with E-state index in [4.69, 9.17) is 19.9 Å². The summed E-state index contributed by atoms with van der Waals surface area (Å²) in [5.41, 5.74) is 8.21. The van der Waals surface area contributed by atoms with Crippen molar-refractivity contribution in [2.45, 2.75) is 52.2 Å². The fourth-order valence-corrected chi connectivity index (χ4v) is 4.30. The number of imidazole rings is 1. The molecule has 1 fully saturated rings. The number of hydrogen-bond acceptors (Lipinski definition) is 8. The quantitative estimate of drug-likeness (QED) is 0.430. The number of nitrogens with two attached hydrogens (primary N) is 1. The van der Waals surface area contributed by atoms with Crippen LogP contribution >= 0.6 is 0 Å². The number of methoxy groups -OCH3 is 1. The first kappa shape index (κ1) is 24.6. The highest BCUT2D eigenvalue weighted by Crippen LogP contribution is 2.28. The summed E-state index contributed by atoms with van der Waals surface area (Å²) in [6.45, 7) is 4.90. The second kappa shape index (κ2) is 11.7. The van der Waals surface area contributed by atoms with Gasteiger partial charge in [0.2, 0.25) is 0 Å². The summed E-state index contributed by atoms with van der Waals surface area (Å²) in [7, 11) is 1.57. The summed E-state index contributed by atoms with van der Waals surface area (Å²) in [6.07, 6.45) is 4.48. The SMILES string of the molecule is CCCCOc1nc(N)c2nc(OC)n(CCC3CCCN(C(=O)OCc4ccccc4)C3)c2n1. The predicted molar refractivity (Wildman–Crippen MR) is 132 cm³/mol. The maximum atomic E-state index is 12.6. The highest BCUT2D eigenvalue weighted by Gasteiger charge is 2.26. The summed E-state index contributed by atoms with van der Waals surface area (Å²) in [6, 6.07) is 10.4. The van der Waals surface area contributed by atoms with Crippen molar-refractivity contribution in [1.82, 2.24) is 24.4 Å². The van der Waals surface area contributed by atoms with E-state index in [0.29, 0.717) is 49.3 Å². The first-order valence-corrected chi connectivity index (χ1v) is 12.2. The number of unbranched alkanes of at least 4 members (excludes halogenated alkanes) is 1. The number of piperidine rings is 1. The minimum atomic E-state index is -0.265. The van der Waals surface area contributed by atoms with Crippen molar-refractivity contribution in [3.63, 3.8) is 0 Å². The Morgan fingerprint density at radius 2 is 2.03 bits per heavy atom. The highest BCUT2D eigenvalue weighted by atomic mass is 16.6. The molecule has 4 rings (SSSR count). The first-order valence-electron chi connectivity index (χ1n) is 12.2. The summed E-state index contributed by atoms with van der Waals surface area (Å²) in [4.78, 5) is 27.7. The molecule has 0 spiro atoms. The van der Waals surface area contributed by atoms with Crippen LogP contribution in [0, 0.1) is 5.92 Å². The average molecular weight is 483 g/mol. The molecule has 10 nitrogen and oxygen atoms in total. The normalized spacial score (nSPS) is 15.8. The van der Waals surface area contributed by atoms with E-state index in [1.165, 1.54) is 0 Å². The van der Waals surface area contributed by atoms with Gasteiger partial charge in [-0.2, -0.15) is 15.0 Å². The number of aromatic nitrogens is 4. The molecule has 10 heteroatoms. The van der Waals surface area contributed by atoms with E-state index in [1.54, 1.807) is 12.0 Å². The van der Waals surface area contributed by atoms with Gasteiger partial charge in [-0.05, 0) is 37.2 Å². The number of ether oxygens (including phenoxy) is 3. The topological polar surface area (TPSA) is 118 Å². The lowest BCUT2D eigenvalue weighted by Gasteiger charge is -2.32. The number of benzene rings is 1. The molecule has 188 valence electrons. The van der Waals surface area contributed by atoms with Crippen molar-refractivity contribution in [1.29, 1.82) is 0 Å². The number of nitrogen functional groups attached to an aromatic ring is 1. The van der Waals surface area contributed by atoms with Gasteiger partial charge in [-0.3, -0.25) is 4.57 Å². The Morgan fingerprint density at radius 1 is 1.20 bits per heavy atom. The van der Waals surface area contributed by atoms with Crippen molar-refractivity contribution >= 4 is 23.1 Å². The number of amides is 1. The van der Waals surface area contributed by atoms with Crippen molar-refractivity contribution in [3.05, 3.63) is 35.9 Å². The molecule has 0 aliphatic carbocycles. The van der Waals surface area contributed by atoms with Crippen LogP contribution in [-0.2, 0) is 17.9 Å². The molecule has 2 N–H and O–H groups in total. The number of carbonyl (C=O) groups is 1. The summed E-state index contributed by atoms with van der Waals surface area (Å²) >= 11 is 0. The molecule has 1 aliphatic heterocycles. The zero-order valence-electron chi connectivity index (χ0n) is 20.5. The van der Waals surface area contributed by atoms with Gasteiger partial charge in [-0.1, -0.05) is 43.7 Å². The maximum Gasteiger partial charge on any atom is 0.410 e. The van der Waals surface area contributed by atoms with Gasteiger partial charge in [0.15, 0.2) is 17.0 Å². The average Bonchev–Trinajstić information content (AvgIpc) is 3.25. The van der Waals surface area contributed by atoms with Crippen LogP contribution in [-0.4, -0.2) is 57.3 Å². The largest absolute Gasteiger partial charge is 0.468 e. The monoisotopic (exact) mass is 482 g/mol. The van der Waals surface area contributed by atoms with E-state index in [-0.39, 0.29) is 24.5 Å². The van der Waals surface area contributed by atoms with Crippen LogP contribution in [0.25, 0.3) is 11.2 Å². The van der Waals surface area contributed by atoms with E-state index in [1.807, 2.05) is 34.9 Å². The lowest BCUT2D eigenvalue weighted by Crippen LogP contribution is -2.40. The maximum absolute atomic E-state index is 12.6. The second-order valence-electron chi connectivity index (χ2n) is 8.80. The van der Waals surface area contributed by atoms with Crippen LogP contribution in [0.2, 0.25) is 0 Å². The Hall–Kier alpha value is -3.56. The molecule has 3 aromatic rings. The zero-order valence-corrected chi connectivity index (χ0v) is 20.5. The number of hydrogen-bond donors (Lipinski definition) is 1. The highest BCUT2D eigenvalue weighted by molar-refractivity contribution is 5.83. The summed E-state index contributed by atoms with van der Waals surface area (Å²) in [5.74, 6) is 0.596. The molecule has 1 aliphatic rings. The Balaban J connectivity index is 1.40. The molecule has 0 saturated carbocycles. The summed E-state index contributed by atoms with van der Waals surface area (Å²) < 4.78 is 18.6. The minimum absolute atomic E-state index is 0.247. The Labute approximate surface area is 205 Å². The van der Waals surface area contributed by atoms with Crippen LogP contribution in [0.1, 0.15) is 44.6 Å². The van der Waals surface area contributed by atoms with E-state index in [9.17, 15) is 4.79 Å². The van der Waals surface area contributed by atoms with Crippen LogP contribution in [0.5, 0.6) is 12.0 Å². The third-order valence-electron chi connectivity index (χ3n) is 6.22. The van der Waals surface area contributed by atoms with E-state index in [2.05, 4.69) is 21.9 Å². The minimum Gasteiger partial charge on any atom is -0.468 e. The molecule has 1 aromatic carbocycles. The van der Waals surface area contributed by atoms with Gasteiger partial charge in [0, 0.05) is 19.6 Å². The molecule has 2 aromatic heterocycles. The smallest absolute Gasteiger partial charge is 0.410 e. The number of aryl methyl sites for hydroxylation is 1. The molecule has 1 amide bonds. The molecule has 35 heavy (non-hydrogen) atoms. The second-order valence-corrected chi connectivity index (χ2v) is 8.80. The molecule has 3 heterocycles. The van der Waals surface area contributed by atoms with Crippen LogP contribution in [0.4, 0.5) is 10.6 Å². The number of fused-ring (bicyclic) bond motifs is 1. The van der Waals surface area contributed by atoms with Gasteiger partial charge in [0.25, 0.3) is 6.01 Å². The van der Waals surface area contributed by atoms with Crippen LogP contribution in [0.3, 0.4) is 0 Å². The van der Waals surface area contributed by atoms with Gasteiger partial charge < -0.3 is 24.8 Å². The Morgan fingerprint density at radius 3 is 2.80 bits per heavy atom. The Bertz CT molecular complexity index is 1120. The van der Waals surface area contributed by atoms with E-state index in [0.717, 1.165) is 37.7 Å². The molecule has 1 unspecified atom stereocenters. The molecular weight excluding hydrogens is 448 g/mol. The number of nitrogens with zero attached hydrogens (tertiary/aromatic N) is 5. The van der Waals surface area contributed by atoms with Gasteiger partial charge in [-0.15, -0.1) is 0 Å². The van der Waals surface area contributed by atoms with Gasteiger partial charge in [0.05, 0.1) is 13.7 Å². The third kappa shape index (κ3) is 6.12. The van der Waals surface area contributed by atoms with Gasteiger partial charge >= 0.3 is 12.1 Å². The van der Waals surface area contributed by atoms with Gasteiger partial charge in [0.1, 0.15) is 6.61 Å². The van der Waals surface area contributed by atoms with E-state index < -0.39 is 0 Å². The molecule has 0 bridgehead atoms. The number of carbonyl (C=O) groups excluding carboxylic acids is 1. The van der Waals surface area contributed by atoms with Crippen molar-refractivity contribution in [2.24, 2.45) is 5.92 Å². The molecule has 0 radical (unpaired) electrons. The molecule has 1 saturated heterocycles. The van der Waals surface area contributed by atoms with Gasteiger partial charge in [-0.25, -0.2) is 4.79 Å². The Kier molecular flexibility index (Phi) is 8.23. The lowest BCUT2D eigenvalue weighted by molar-refractivity contribution is 0.0773. The van der Waals surface area contributed by atoms with Crippen molar-refractivity contribution in [2.75, 3.05) is 32.5 Å². The fraction of sp³-hybridized carbons (Fsp3) is 0.520. The first-order chi connectivity index (χ1) is 17.1. The van der Waals surface area contributed by atoms with Crippen molar-refractivity contribution in [3.8, 4) is 12.0 Å². The number of likely N-dealkylation sites (tertiary alicyclic amines) is 1. The predicted octanol–water partition coefficient (Wildman–Crippen LogP) is 4.03.